The van der Waals surface area contributed by atoms with Gasteiger partial charge in [-0.15, -0.1) is 0 Å². The second-order valence-electron chi connectivity index (χ2n) is 10.2. The van der Waals surface area contributed by atoms with Crippen LogP contribution in [-0.2, 0) is 32.5 Å². The summed E-state index contributed by atoms with van der Waals surface area (Å²) in [6.45, 7) is 12.7. The first-order chi connectivity index (χ1) is 16.0. The van der Waals surface area contributed by atoms with Crippen LogP contribution in [0.1, 0.15) is 57.4 Å². The first-order valence-electron chi connectivity index (χ1n) is 11.7. The van der Waals surface area contributed by atoms with Crippen molar-refractivity contribution in [3.63, 3.8) is 0 Å². The normalized spacial score (nSPS) is 20.1. The van der Waals surface area contributed by atoms with E-state index in [-0.39, 0.29) is 23.1 Å². The molecule has 7 nitrogen and oxygen atoms in total. The van der Waals surface area contributed by atoms with E-state index in [2.05, 4.69) is 18.7 Å². The summed E-state index contributed by atoms with van der Waals surface area (Å²) in [6.07, 6.45) is -0.278. The molecule has 0 bridgehead atoms. The van der Waals surface area contributed by atoms with E-state index in [1.807, 2.05) is 39.0 Å². The minimum atomic E-state index is -3.60. The Balaban J connectivity index is 1.44. The van der Waals surface area contributed by atoms with Gasteiger partial charge in [0.2, 0.25) is 9.84 Å². The molecule has 0 unspecified atom stereocenters. The first kappa shape index (κ1) is 24.7. The molecule has 2 aliphatic rings. The van der Waals surface area contributed by atoms with Crippen molar-refractivity contribution >= 4 is 15.9 Å². The summed E-state index contributed by atoms with van der Waals surface area (Å²) < 4.78 is 37.3. The largest absolute Gasteiger partial charge is 0.444 e. The number of benzene rings is 2. The van der Waals surface area contributed by atoms with Crippen LogP contribution >= 0.6 is 0 Å². The molecule has 4 rings (SSSR count). The van der Waals surface area contributed by atoms with Crippen molar-refractivity contribution in [2.24, 2.45) is 0 Å². The Kier molecular flexibility index (Phi) is 6.77. The predicted octanol–water partition coefficient (Wildman–Crippen LogP) is 4.55. The Bertz CT molecular complexity index is 1150. The molecule has 2 aromatic rings. The van der Waals surface area contributed by atoms with Gasteiger partial charge in [-0.25, -0.2) is 13.2 Å². The maximum absolute atomic E-state index is 13.2. The summed E-state index contributed by atoms with van der Waals surface area (Å²) in [5, 5.41) is 0. The van der Waals surface area contributed by atoms with Crippen LogP contribution in [0.2, 0.25) is 0 Å². The average Bonchev–Trinajstić information content (AvgIpc) is 3.25. The fourth-order valence-electron chi connectivity index (χ4n) is 4.61. The fourth-order valence-corrected chi connectivity index (χ4v) is 5.92. The fraction of sp³-hybridized carbons (Fsp3) is 0.500. The van der Waals surface area contributed by atoms with Gasteiger partial charge in [-0.3, -0.25) is 4.90 Å². The number of hydrogen-bond donors (Lipinski definition) is 0. The first-order valence-corrected chi connectivity index (χ1v) is 13.2. The molecule has 1 amide bonds. The summed E-state index contributed by atoms with van der Waals surface area (Å²) in [5.41, 5.74) is 2.51. The summed E-state index contributed by atoms with van der Waals surface area (Å²) in [5.74, 6) is 0. The zero-order valence-electron chi connectivity index (χ0n) is 20.6. The van der Waals surface area contributed by atoms with E-state index in [9.17, 15) is 13.2 Å². The van der Waals surface area contributed by atoms with Crippen LogP contribution in [0.15, 0.2) is 52.3 Å². The van der Waals surface area contributed by atoms with E-state index in [1.165, 1.54) is 0 Å². The number of sulfone groups is 1. The molecule has 0 aliphatic carbocycles. The van der Waals surface area contributed by atoms with Crippen LogP contribution in [0.4, 0.5) is 4.79 Å². The molecule has 2 aromatic carbocycles. The van der Waals surface area contributed by atoms with Crippen molar-refractivity contribution in [3.8, 4) is 0 Å². The molecule has 0 N–H and O–H groups in total. The van der Waals surface area contributed by atoms with Crippen LogP contribution in [0.3, 0.4) is 0 Å². The SMILES string of the molecule is C[C@H]1CN(C(=O)OC(C)(C)C)CCN1[C@@H](C)c1ccc(S(=O)(=O)c2ccc3c(c2)COC3)cc1. The van der Waals surface area contributed by atoms with Crippen molar-refractivity contribution in [2.45, 2.75) is 75.3 Å². The molecule has 184 valence electrons. The number of nitrogens with zero attached hydrogens (tertiary/aromatic N) is 2. The number of piperazine rings is 1. The second-order valence-corrected chi connectivity index (χ2v) is 12.1. The number of carbonyl (C=O) groups is 1. The topological polar surface area (TPSA) is 76.2 Å². The number of fused-ring (bicyclic) bond motifs is 1. The molecular weight excluding hydrogens is 452 g/mol. The molecule has 2 aliphatic heterocycles. The number of ether oxygens (including phenoxy) is 2. The standard InChI is InChI=1S/C26H34N2O5S/c1-18-15-27(25(29)33-26(3,4)5)12-13-28(18)19(2)20-6-9-23(10-7-20)34(30,31)24-11-8-21-16-32-17-22(21)14-24/h6-11,14,18-19H,12-13,15-17H2,1-5H3/t18-,19-/m0/s1. The van der Waals surface area contributed by atoms with E-state index < -0.39 is 15.4 Å². The number of hydrogen-bond acceptors (Lipinski definition) is 6. The van der Waals surface area contributed by atoms with Crippen LogP contribution < -0.4 is 0 Å². The average molecular weight is 487 g/mol. The lowest BCUT2D eigenvalue weighted by Gasteiger charge is -2.43. The van der Waals surface area contributed by atoms with Crippen LogP contribution in [0.25, 0.3) is 0 Å². The third-order valence-corrected chi connectivity index (χ3v) is 8.27. The zero-order chi connectivity index (χ0) is 24.7. The molecule has 0 radical (unpaired) electrons. The van der Waals surface area contributed by atoms with E-state index in [0.717, 1.165) is 23.2 Å². The van der Waals surface area contributed by atoms with E-state index in [1.54, 1.807) is 29.2 Å². The van der Waals surface area contributed by atoms with Gasteiger partial charge in [0.05, 0.1) is 23.0 Å². The highest BCUT2D eigenvalue weighted by Crippen LogP contribution is 2.30. The minimum absolute atomic E-state index is 0.0877. The van der Waals surface area contributed by atoms with Gasteiger partial charge in [0, 0.05) is 31.7 Å². The smallest absolute Gasteiger partial charge is 0.410 e. The van der Waals surface area contributed by atoms with Crippen molar-refractivity contribution < 1.29 is 22.7 Å². The van der Waals surface area contributed by atoms with Gasteiger partial charge in [-0.2, -0.15) is 0 Å². The zero-order valence-corrected chi connectivity index (χ0v) is 21.4. The Morgan fingerprint density at radius 3 is 2.32 bits per heavy atom. The third-order valence-electron chi connectivity index (χ3n) is 6.50. The highest BCUT2D eigenvalue weighted by Gasteiger charge is 2.32. The highest BCUT2D eigenvalue weighted by molar-refractivity contribution is 7.91. The molecular formula is C26H34N2O5S. The van der Waals surface area contributed by atoms with Gasteiger partial charge in [0.15, 0.2) is 0 Å². The van der Waals surface area contributed by atoms with E-state index in [4.69, 9.17) is 9.47 Å². The highest BCUT2D eigenvalue weighted by atomic mass is 32.2. The third kappa shape index (κ3) is 5.14. The van der Waals surface area contributed by atoms with Gasteiger partial charge in [-0.1, -0.05) is 18.2 Å². The van der Waals surface area contributed by atoms with Gasteiger partial charge < -0.3 is 14.4 Å². The Hall–Kier alpha value is -2.42. The Morgan fingerprint density at radius 2 is 1.68 bits per heavy atom. The predicted molar refractivity (Wildman–Crippen MR) is 129 cm³/mol. The van der Waals surface area contributed by atoms with Crippen LogP contribution in [0, 0.1) is 0 Å². The quantitative estimate of drug-likeness (QED) is 0.631. The molecule has 1 saturated heterocycles. The molecule has 0 aromatic heterocycles. The van der Waals surface area contributed by atoms with Gasteiger partial charge >= 0.3 is 6.09 Å². The minimum Gasteiger partial charge on any atom is -0.444 e. The Morgan fingerprint density at radius 1 is 1.03 bits per heavy atom. The molecule has 2 heterocycles. The van der Waals surface area contributed by atoms with Gasteiger partial charge in [0.25, 0.3) is 0 Å². The number of rotatable bonds is 4. The molecule has 0 spiro atoms. The molecule has 34 heavy (non-hydrogen) atoms. The van der Waals surface area contributed by atoms with E-state index >= 15 is 0 Å². The lowest BCUT2D eigenvalue weighted by atomic mass is 10.0. The summed E-state index contributed by atoms with van der Waals surface area (Å²) >= 11 is 0. The summed E-state index contributed by atoms with van der Waals surface area (Å²) in [6, 6.07) is 12.6. The molecule has 1 fully saturated rings. The lowest BCUT2D eigenvalue weighted by Crippen LogP contribution is -2.54. The van der Waals surface area contributed by atoms with Crippen molar-refractivity contribution in [3.05, 3.63) is 59.2 Å². The van der Waals surface area contributed by atoms with Gasteiger partial charge in [-0.05, 0) is 75.6 Å². The maximum atomic E-state index is 13.2. The summed E-state index contributed by atoms with van der Waals surface area (Å²) in [4.78, 5) is 17.1. The van der Waals surface area contributed by atoms with Crippen molar-refractivity contribution in [2.75, 3.05) is 19.6 Å². The molecule has 2 atom stereocenters. The van der Waals surface area contributed by atoms with Crippen LogP contribution in [0.5, 0.6) is 0 Å². The maximum Gasteiger partial charge on any atom is 0.410 e. The van der Waals surface area contributed by atoms with Crippen molar-refractivity contribution in [1.29, 1.82) is 0 Å². The lowest BCUT2D eigenvalue weighted by molar-refractivity contribution is -0.000716. The second kappa shape index (κ2) is 9.32. The Labute approximate surface area is 202 Å². The number of carbonyl (C=O) groups excluding carboxylic acids is 1. The van der Waals surface area contributed by atoms with Crippen LogP contribution in [-0.4, -0.2) is 55.6 Å². The van der Waals surface area contributed by atoms with Crippen molar-refractivity contribution in [1.82, 2.24) is 9.80 Å². The van der Waals surface area contributed by atoms with E-state index in [0.29, 0.717) is 31.2 Å². The molecule has 0 saturated carbocycles. The monoisotopic (exact) mass is 486 g/mol. The molecule has 8 heteroatoms. The summed E-state index contributed by atoms with van der Waals surface area (Å²) in [7, 11) is -3.60. The van der Waals surface area contributed by atoms with Gasteiger partial charge in [0.1, 0.15) is 5.60 Å². The number of amides is 1.